The molecule has 1 saturated carbocycles. The van der Waals surface area contributed by atoms with E-state index in [1.54, 1.807) is 24.5 Å². The van der Waals surface area contributed by atoms with Crippen LogP contribution in [0.3, 0.4) is 0 Å². The summed E-state index contributed by atoms with van der Waals surface area (Å²) in [5, 5.41) is 2.85. The Kier molecular flexibility index (Phi) is 4.39. The molecular formula is C20H20N4O2. The Morgan fingerprint density at radius 1 is 1.15 bits per heavy atom. The minimum absolute atomic E-state index is 0.0628. The normalized spacial score (nSPS) is 13.5. The van der Waals surface area contributed by atoms with E-state index in [2.05, 4.69) is 10.3 Å². The van der Waals surface area contributed by atoms with Crippen molar-refractivity contribution in [2.75, 3.05) is 6.54 Å². The molecule has 6 nitrogen and oxygen atoms in total. The molecule has 132 valence electrons. The lowest BCUT2D eigenvalue weighted by Gasteiger charge is -2.09. The summed E-state index contributed by atoms with van der Waals surface area (Å²) in [5.41, 5.74) is 2.42. The summed E-state index contributed by atoms with van der Waals surface area (Å²) in [5.74, 6) is 0.311. The number of carbonyl (C=O) groups is 1. The molecule has 2 aromatic heterocycles. The zero-order chi connectivity index (χ0) is 17.9. The van der Waals surface area contributed by atoms with Gasteiger partial charge in [0.1, 0.15) is 0 Å². The second-order valence-corrected chi connectivity index (χ2v) is 6.51. The van der Waals surface area contributed by atoms with Crippen molar-refractivity contribution in [1.82, 2.24) is 19.4 Å². The number of aromatic nitrogens is 3. The van der Waals surface area contributed by atoms with Crippen molar-refractivity contribution in [3.05, 3.63) is 82.8 Å². The zero-order valence-corrected chi connectivity index (χ0v) is 14.3. The van der Waals surface area contributed by atoms with Gasteiger partial charge in [0.05, 0.1) is 12.0 Å². The van der Waals surface area contributed by atoms with Crippen LogP contribution in [0.15, 0.2) is 66.0 Å². The van der Waals surface area contributed by atoms with Gasteiger partial charge in [-0.1, -0.05) is 0 Å². The number of hydrogen-bond donors (Lipinski definition) is 1. The summed E-state index contributed by atoms with van der Waals surface area (Å²) in [6.07, 6.45) is 7.73. The molecule has 26 heavy (non-hydrogen) atoms. The first-order valence-corrected chi connectivity index (χ1v) is 8.79. The van der Waals surface area contributed by atoms with Gasteiger partial charge in [-0.15, -0.1) is 0 Å². The van der Waals surface area contributed by atoms with Gasteiger partial charge in [0.15, 0.2) is 0 Å². The molecule has 0 bridgehead atoms. The number of rotatable bonds is 6. The highest BCUT2D eigenvalue weighted by Crippen LogP contribution is 2.38. The first kappa shape index (κ1) is 16.3. The molecule has 1 fully saturated rings. The predicted octanol–water partition coefficient (Wildman–Crippen LogP) is 2.34. The molecule has 1 aliphatic carbocycles. The number of nitrogens with one attached hydrogen (secondary N) is 1. The summed E-state index contributed by atoms with van der Waals surface area (Å²) >= 11 is 0. The minimum atomic E-state index is -0.153. The monoisotopic (exact) mass is 348 g/mol. The Morgan fingerprint density at radius 3 is 2.54 bits per heavy atom. The lowest BCUT2D eigenvalue weighted by molar-refractivity contribution is 0.0952. The Bertz CT molecular complexity index is 954. The maximum Gasteiger partial charge on any atom is 0.253 e. The molecule has 6 heteroatoms. The molecule has 4 rings (SSSR count). The van der Waals surface area contributed by atoms with E-state index in [-0.39, 0.29) is 11.5 Å². The van der Waals surface area contributed by atoms with Gasteiger partial charge in [0.25, 0.3) is 11.5 Å². The maximum absolute atomic E-state index is 12.2. The van der Waals surface area contributed by atoms with E-state index < -0.39 is 0 Å². The first-order valence-electron chi connectivity index (χ1n) is 8.79. The van der Waals surface area contributed by atoms with Crippen LogP contribution in [-0.4, -0.2) is 26.6 Å². The fourth-order valence-corrected chi connectivity index (χ4v) is 2.89. The molecular weight excluding hydrogens is 328 g/mol. The molecule has 3 aromatic rings. The smallest absolute Gasteiger partial charge is 0.253 e. The van der Waals surface area contributed by atoms with E-state index in [9.17, 15) is 9.59 Å². The van der Waals surface area contributed by atoms with Crippen LogP contribution in [0.2, 0.25) is 0 Å². The SMILES string of the molecule is O=C(NCCn1cnc(C2CC2)cc1=O)c1ccc(-n2cccc2)cc1. The summed E-state index contributed by atoms with van der Waals surface area (Å²) in [6.45, 7) is 0.784. The maximum atomic E-state index is 12.2. The second kappa shape index (κ2) is 7.00. The highest BCUT2D eigenvalue weighted by Gasteiger charge is 2.25. The number of carbonyl (C=O) groups excluding carboxylic acids is 1. The third-order valence-corrected chi connectivity index (χ3v) is 4.57. The van der Waals surface area contributed by atoms with Gasteiger partial charge in [0.2, 0.25) is 0 Å². The van der Waals surface area contributed by atoms with Crippen molar-refractivity contribution in [1.29, 1.82) is 0 Å². The molecule has 0 saturated heterocycles. The van der Waals surface area contributed by atoms with E-state index in [0.29, 0.717) is 24.6 Å². The van der Waals surface area contributed by atoms with Crippen LogP contribution in [0.1, 0.15) is 34.8 Å². The molecule has 1 aliphatic rings. The number of amides is 1. The fraction of sp³-hybridized carbons (Fsp3) is 0.250. The van der Waals surface area contributed by atoms with Gasteiger partial charge in [-0.05, 0) is 49.2 Å². The van der Waals surface area contributed by atoms with E-state index in [0.717, 1.165) is 24.2 Å². The van der Waals surface area contributed by atoms with E-state index >= 15 is 0 Å². The lowest BCUT2D eigenvalue weighted by Crippen LogP contribution is -2.31. The van der Waals surface area contributed by atoms with Crippen molar-refractivity contribution < 1.29 is 4.79 Å². The topological polar surface area (TPSA) is 68.9 Å². The van der Waals surface area contributed by atoms with Crippen molar-refractivity contribution in [2.45, 2.75) is 25.3 Å². The fourth-order valence-electron chi connectivity index (χ4n) is 2.89. The van der Waals surface area contributed by atoms with Gasteiger partial charge in [-0.2, -0.15) is 0 Å². The van der Waals surface area contributed by atoms with Crippen LogP contribution in [0.4, 0.5) is 0 Å². The van der Waals surface area contributed by atoms with E-state index in [1.165, 1.54) is 4.57 Å². The molecule has 0 aliphatic heterocycles. The van der Waals surface area contributed by atoms with Gasteiger partial charge in [-0.3, -0.25) is 14.2 Å². The quantitative estimate of drug-likeness (QED) is 0.743. The van der Waals surface area contributed by atoms with Gasteiger partial charge >= 0.3 is 0 Å². The standard InChI is InChI=1S/C20H20N4O2/c25-19-13-18(15-3-4-15)22-14-24(19)12-9-21-20(26)16-5-7-17(8-6-16)23-10-1-2-11-23/h1-2,5-8,10-11,13-15H,3-4,9,12H2,(H,21,26). The Labute approximate surface area is 151 Å². The molecule has 0 spiro atoms. The molecule has 2 heterocycles. The molecule has 1 amide bonds. The summed E-state index contributed by atoms with van der Waals surface area (Å²) in [4.78, 5) is 28.7. The highest BCUT2D eigenvalue weighted by atomic mass is 16.1. The van der Waals surface area contributed by atoms with Crippen LogP contribution in [0, 0.1) is 0 Å². The Balaban J connectivity index is 1.33. The first-order chi connectivity index (χ1) is 12.7. The van der Waals surface area contributed by atoms with Crippen LogP contribution in [-0.2, 0) is 6.54 Å². The largest absolute Gasteiger partial charge is 0.350 e. The minimum Gasteiger partial charge on any atom is -0.350 e. The van der Waals surface area contributed by atoms with Crippen molar-refractivity contribution in [3.63, 3.8) is 0 Å². The Hall–Kier alpha value is -3.15. The van der Waals surface area contributed by atoms with Crippen LogP contribution >= 0.6 is 0 Å². The van der Waals surface area contributed by atoms with Crippen molar-refractivity contribution in [2.24, 2.45) is 0 Å². The number of hydrogen-bond acceptors (Lipinski definition) is 3. The molecule has 1 aromatic carbocycles. The third-order valence-electron chi connectivity index (χ3n) is 4.57. The molecule has 0 radical (unpaired) electrons. The van der Waals surface area contributed by atoms with Crippen molar-refractivity contribution in [3.8, 4) is 5.69 Å². The predicted molar refractivity (Wildman–Crippen MR) is 98.6 cm³/mol. The van der Waals surface area contributed by atoms with E-state index in [1.807, 2.05) is 41.2 Å². The van der Waals surface area contributed by atoms with Crippen LogP contribution in [0.25, 0.3) is 5.69 Å². The average molecular weight is 348 g/mol. The van der Waals surface area contributed by atoms with E-state index in [4.69, 9.17) is 0 Å². The lowest BCUT2D eigenvalue weighted by atomic mass is 10.2. The van der Waals surface area contributed by atoms with Crippen LogP contribution < -0.4 is 10.9 Å². The summed E-state index contributed by atoms with van der Waals surface area (Å²) < 4.78 is 3.51. The zero-order valence-electron chi connectivity index (χ0n) is 14.3. The van der Waals surface area contributed by atoms with Gasteiger partial charge < -0.3 is 9.88 Å². The number of benzene rings is 1. The molecule has 0 unspecified atom stereocenters. The van der Waals surface area contributed by atoms with Crippen LogP contribution in [0.5, 0.6) is 0 Å². The summed E-state index contributed by atoms with van der Waals surface area (Å²) in [7, 11) is 0. The van der Waals surface area contributed by atoms with Crippen molar-refractivity contribution >= 4 is 5.91 Å². The molecule has 1 N–H and O–H groups in total. The average Bonchev–Trinajstić information content (AvgIpc) is 3.37. The Morgan fingerprint density at radius 2 is 1.88 bits per heavy atom. The second-order valence-electron chi connectivity index (χ2n) is 6.51. The van der Waals surface area contributed by atoms with Gasteiger partial charge in [-0.25, -0.2) is 4.98 Å². The summed E-state index contributed by atoms with van der Waals surface area (Å²) in [6, 6.07) is 12.9. The third kappa shape index (κ3) is 3.59. The molecule has 0 atom stereocenters. The highest BCUT2D eigenvalue weighted by molar-refractivity contribution is 5.94. The van der Waals surface area contributed by atoms with Gasteiger partial charge in [0, 0.05) is 48.7 Å². The number of nitrogens with zero attached hydrogens (tertiary/aromatic N) is 3.